The summed E-state index contributed by atoms with van der Waals surface area (Å²) in [5.41, 5.74) is 6.06. The summed E-state index contributed by atoms with van der Waals surface area (Å²) in [5.74, 6) is -0.415. The maximum absolute atomic E-state index is 11.9. The molecule has 2 rings (SSSR count). The Morgan fingerprint density at radius 2 is 2.00 bits per heavy atom. The number of primary amides is 1. The van der Waals surface area contributed by atoms with Crippen LogP contribution in [0.1, 0.15) is 20.7 Å². The summed E-state index contributed by atoms with van der Waals surface area (Å²) < 4.78 is 7.15. The molecule has 2 aromatic rings. The molecule has 0 atom stereocenters. The Hall–Kier alpha value is -2.56. The van der Waals surface area contributed by atoms with Crippen LogP contribution in [0.3, 0.4) is 0 Å². The number of hydrogen-bond donors (Lipinski definition) is 1. The van der Waals surface area contributed by atoms with E-state index in [0.29, 0.717) is 11.3 Å². The van der Waals surface area contributed by atoms with Gasteiger partial charge < -0.3 is 15.0 Å². The van der Waals surface area contributed by atoms with Gasteiger partial charge >= 0.3 is 0 Å². The Labute approximate surface area is 110 Å². The summed E-state index contributed by atoms with van der Waals surface area (Å²) in [6.07, 6.45) is 3.50. The Morgan fingerprint density at radius 3 is 2.63 bits per heavy atom. The van der Waals surface area contributed by atoms with E-state index < -0.39 is 5.91 Å². The van der Waals surface area contributed by atoms with Gasteiger partial charge in [-0.05, 0) is 18.2 Å². The highest BCUT2D eigenvalue weighted by molar-refractivity contribution is 5.98. The summed E-state index contributed by atoms with van der Waals surface area (Å²) in [7, 11) is 1.83. The van der Waals surface area contributed by atoms with Crippen molar-refractivity contribution in [3.63, 3.8) is 0 Å². The molecular formula is C14H14N2O3. The summed E-state index contributed by atoms with van der Waals surface area (Å²) in [5, 5.41) is 0. The molecule has 98 valence electrons. The summed E-state index contributed by atoms with van der Waals surface area (Å²) in [6, 6.07) is 8.29. The van der Waals surface area contributed by atoms with Crippen LogP contribution in [0.5, 0.6) is 5.75 Å². The van der Waals surface area contributed by atoms with Gasteiger partial charge in [-0.2, -0.15) is 0 Å². The fourth-order valence-corrected chi connectivity index (χ4v) is 1.69. The monoisotopic (exact) mass is 258 g/mol. The number of hydrogen-bond acceptors (Lipinski definition) is 3. The molecule has 1 aromatic heterocycles. The van der Waals surface area contributed by atoms with Crippen LogP contribution in [-0.4, -0.2) is 22.9 Å². The van der Waals surface area contributed by atoms with Crippen molar-refractivity contribution in [2.24, 2.45) is 12.8 Å². The van der Waals surface area contributed by atoms with Gasteiger partial charge in [0.25, 0.3) is 5.91 Å². The maximum Gasteiger partial charge on any atom is 0.252 e. The molecule has 5 nitrogen and oxygen atoms in total. The highest BCUT2D eigenvalue weighted by Crippen LogP contribution is 2.17. The number of nitrogens with zero attached hydrogens (tertiary/aromatic N) is 1. The van der Waals surface area contributed by atoms with Gasteiger partial charge in [0.05, 0.1) is 5.56 Å². The topological polar surface area (TPSA) is 74.3 Å². The zero-order valence-corrected chi connectivity index (χ0v) is 10.5. The molecule has 0 unspecified atom stereocenters. The lowest BCUT2D eigenvalue weighted by Crippen LogP contribution is -2.16. The smallest absolute Gasteiger partial charge is 0.252 e. The van der Waals surface area contributed by atoms with E-state index in [9.17, 15) is 9.59 Å². The van der Waals surface area contributed by atoms with Crippen LogP contribution in [0.2, 0.25) is 0 Å². The molecule has 1 amide bonds. The second kappa shape index (κ2) is 5.39. The molecule has 1 aromatic carbocycles. The Morgan fingerprint density at radius 1 is 1.26 bits per heavy atom. The van der Waals surface area contributed by atoms with E-state index in [2.05, 4.69) is 0 Å². The molecule has 1 heterocycles. The van der Waals surface area contributed by atoms with Crippen molar-refractivity contribution in [1.29, 1.82) is 0 Å². The lowest BCUT2D eigenvalue weighted by molar-refractivity contribution is 0.0912. The zero-order chi connectivity index (χ0) is 13.8. The van der Waals surface area contributed by atoms with Crippen LogP contribution in [0.15, 0.2) is 42.7 Å². The predicted molar refractivity (Wildman–Crippen MR) is 70.2 cm³/mol. The third kappa shape index (κ3) is 3.01. The molecular weight excluding hydrogens is 244 g/mol. The standard InChI is InChI=1S/C14H14N2O3/c1-16-7-6-10(8-16)12(17)9-19-13-5-3-2-4-11(13)14(15)18/h2-8H,9H2,1H3,(H2,15,18). The van der Waals surface area contributed by atoms with E-state index in [1.54, 1.807) is 47.3 Å². The lowest BCUT2D eigenvalue weighted by Gasteiger charge is -2.08. The largest absolute Gasteiger partial charge is 0.485 e. The minimum Gasteiger partial charge on any atom is -0.485 e. The molecule has 0 spiro atoms. The molecule has 0 aliphatic rings. The average Bonchev–Trinajstić information content (AvgIpc) is 2.83. The molecule has 0 radical (unpaired) electrons. The minimum absolute atomic E-state index is 0.131. The number of ketones is 1. The zero-order valence-electron chi connectivity index (χ0n) is 10.5. The van der Waals surface area contributed by atoms with E-state index in [1.807, 2.05) is 7.05 Å². The molecule has 0 saturated heterocycles. The second-order valence-corrected chi connectivity index (χ2v) is 4.14. The number of rotatable bonds is 5. The molecule has 5 heteroatoms. The summed E-state index contributed by atoms with van der Waals surface area (Å²) in [4.78, 5) is 23.1. The molecule has 19 heavy (non-hydrogen) atoms. The number of carbonyl (C=O) groups is 2. The number of aromatic nitrogens is 1. The summed E-state index contributed by atoms with van der Waals surface area (Å²) in [6.45, 7) is -0.131. The van der Waals surface area contributed by atoms with E-state index in [1.165, 1.54) is 0 Å². The molecule has 2 N–H and O–H groups in total. The van der Waals surface area contributed by atoms with Crippen LogP contribution in [0.25, 0.3) is 0 Å². The Balaban J connectivity index is 2.07. The number of para-hydroxylation sites is 1. The van der Waals surface area contributed by atoms with Crippen molar-refractivity contribution in [2.75, 3.05) is 6.61 Å². The molecule has 0 saturated carbocycles. The van der Waals surface area contributed by atoms with Gasteiger partial charge in [0, 0.05) is 25.0 Å². The molecule has 0 fully saturated rings. The highest BCUT2D eigenvalue weighted by atomic mass is 16.5. The van der Waals surface area contributed by atoms with Gasteiger partial charge in [0.2, 0.25) is 5.78 Å². The van der Waals surface area contributed by atoms with Crippen molar-refractivity contribution in [2.45, 2.75) is 0 Å². The first kappa shape index (κ1) is 12.9. The first-order valence-electron chi connectivity index (χ1n) is 5.74. The third-order valence-corrected chi connectivity index (χ3v) is 2.67. The van der Waals surface area contributed by atoms with Crippen LogP contribution in [0, 0.1) is 0 Å². The number of carbonyl (C=O) groups excluding carboxylic acids is 2. The SMILES string of the molecule is Cn1ccc(C(=O)COc2ccccc2C(N)=O)c1. The van der Waals surface area contributed by atoms with Crippen molar-refractivity contribution >= 4 is 11.7 Å². The van der Waals surface area contributed by atoms with E-state index in [4.69, 9.17) is 10.5 Å². The van der Waals surface area contributed by atoms with Crippen molar-refractivity contribution in [3.05, 3.63) is 53.9 Å². The minimum atomic E-state index is -0.581. The average molecular weight is 258 g/mol. The van der Waals surface area contributed by atoms with Gasteiger partial charge in [-0.15, -0.1) is 0 Å². The van der Waals surface area contributed by atoms with E-state index in [0.717, 1.165) is 0 Å². The highest BCUT2D eigenvalue weighted by Gasteiger charge is 2.12. The van der Waals surface area contributed by atoms with Gasteiger partial charge in [0.1, 0.15) is 5.75 Å². The van der Waals surface area contributed by atoms with Crippen LogP contribution in [-0.2, 0) is 7.05 Å². The van der Waals surface area contributed by atoms with Gasteiger partial charge in [-0.1, -0.05) is 12.1 Å². The van der Waals surface area contributed by atoms with Crippen LogP contribution >= 0.6 is 0 Å². The van der Waals surface area contributed by atoms with E-state index in [-0.39, 0.29) is 18.0 Å². The molecule has 0 aliphatic heterocycles. The third-order valence-electron chi connectivity index (χ3n) is 2.67. The predicted octanol–water partition coefficient (Wildman–Crippen LogP) is 1.39. The number of ether oxygens (including phenoxy) is 1. The van der Waals surface area contributed by atoms with Crippen molar-refractivity contribution in [3.8, 4) is 5.75 Å². The Bertz CT molecular complexity index is 617. The van der Waals surface area contributed by atoms with Crippen LogP contribution < -0.4 is 10.5 Å². The summed E-state index contributed by atoms with van der Waals surface area (Å²) >= 11 is 0. The first-order chi connectivity index (χ1) is 9.08. The fourth-order valence-electron chi connectivity index (χ4n) is 1.69. The fraction of sp³-hybridized carbons (Fsp3) is 0.143. The lowest BCUT2D eigenvalue weighted by atomic mass is 10.2. The number of amides is 1. The number of nitrogens with two attached hydrogens (primary N) is 1. The quantitative estimate of drug-likeness (QED) is 0.823. The number of Topliss-reactive ketones (excluding diaryl/α,β-unsaturated/α-hetero) is 1. The first-order valence-corrected chi connectivity index (χ1v) is 5.74. The molecule has 0 bridgehead atoms. The molecule has 0 aliphatic carbocycles. The normalized spacial score (nSPS) is 10.2. The second-order valence-electron chi connectivity index (χ2n) is 4.14. The number of aryl methyl sites for hydroxylation is 1. The van der Waals surface area contributed by atoms with Crippen molar-refractivity contribution in [1.82, 2.24) is 4.57 Å². The van der Waals surface area contributed by atoms with Crippen molar-refractivity contribution < 1.29 is 14.3 Å². The number of benzene rings is 1. The Kier molecular flexibility index (Phi) is 3.66. The van der Waals surface area contributed by atoms with Crippen LogP contribution in [0.4, 0.5) is 0 Å². The maximum atomic E-state index is 11.9. The van der Waals surface area contributed by atoms with E-state index >= 15 is 0 Å². The van der Waals surface area contributed by atoms with Gasteiger partial charge in [0.15, 0.2) is 6.61 Å². The van der Waals surface area contributed by atoms with Gasteiger partial charge in [-0.3, -0.25) is 9.59 Å². The van der Waals surface area contributed by atoms with Gasteiger partial charge in [-0.25, -0.2) is 0 Å².